The van der Waals surface area contributed by atoms with Crippen LogP contribution in [0.4, 0.5) is 0 Å². The molecule has 0 saturated heterocycles. The highest BCUT2D eigenvalue weighted by atomic mass is 16.4. The highest BCUT2D eigenvalue weighted by molar-refractivity contribution is 5.93. The summed E-state index contributed by atoms with van der Waals surface area (Å²) < 4.78 is 0. The Hall–Kier alpha value is -1.26. The van der Waals surface area contributed by atoms with Crippen molar-refractivity contribution in [1.29, 1.82) is 0 Å². The summed E-state index contributed by atoms with van der Waals surface area (Å²) >= 11 is 0. The van der Waals surface area contributed by atoms with Gasteiger partial charge in [-0.25, -0.2) is 0 Å². The van der Waals surface area contributed by atoms with E-state index in [-0.39, 0.29) is 17.7 Å². The number of hydrogen-bond donors (Lipinski definition) is 3. The van der Waals surface area contributed by atoms with E-state index in [0.29, 0.717) is 17.8 Å². The summed E-state index contributed by atoms with van der Waals surface area (Å²) in [4.78, 5) is 12.4. The fourth-order valence-electron chi connectivity index (χ4n) is 3.04. The number of rotatable bonds is 4. The minimum Gasteiger partial charge on any atom is -0.409 e. The number of nitrogens with one attached hydrogen (secondary N) is 1. The number of carbonyl (C=O) groups excluding carboxylic acids is 1. The van der Waals surface area contributed by atoms with Crippen molar-refractivity contribution in [3.63, 3.8) is 0 Å². The predicted molar refractivity (Wildman–Crippen MR) is 85.2 cm³/mol. The van der Waals surface area contributed by atoms with Crippen molar-refractivity contribution in [1.82, 2.24) is 5.32 Å². The van der Waals surface area contributed by atoms with Crippen molar-refractivity contribution in [2.45, 2.75) is 72.3 Å². The van der Waals surface area contributed by atoms with E-state index >= 15 is 0 Å². The summed E-state index contributed by atoms with van der Waals surface area (Å²) in [7, 11) is 0. The van der Waals surface area contributed by atoms with Gasteiger partial charge in [0, 0.05) is 5.92 Å². The Bertz CT molecular complexity index is 393. The average molecular weight is 297 g/mol. The van der Waals surface area contributed by atoms with Gasteiger partial charge in [-0.2, -0.15) is 0 Å². The van der Waals surface area contributed by atoms with Crippen LogP contribution in [-0.4, -0.2) is 22.5 Å². The molecular formula is C16H31N3O2. The predicted octanol–water partition coefficient (Wildman–Crippen LogP) is 2.87. The number of amidine groups is 1. The highest BCUT2D eigenvalue weighted by Gasteiger charge is 2.36. The van der Waals surface area contributed by atoms with Crippen molar-refractivity contribution in [2.24, 2.45) is 28.1 Å². The van der Waals surface area contributed by atoms with Gasteiger partial charge in [-0.1, -0.05) is 32.9 Å². The Kier molecular flexibility index (Phi) is 5.65. The van der Waals surface area contributed by atoms with Gasteiger partial charge in [0.05, 0.1) is 5.54 Å². The molecule has 0 spiro atoms. The van der Waals surface area contributed by atoms with Gasteiger partial charge in [0.1, 0.15) is 0 Å². The first-order valence-corrected chi connectivity index (χ1v) is 7.94. The second-order valence-electron chi connectivity index (χ2n) is 7.57. The summed E-state index contributed by atoms with van der Waals surface area (Å²) in [6.07, 6.45) is 4.61. The number of carbonyl (C=O) groups is 1. The van der Waals surface area contributed by atoms with Crippen LogP contribution in [-0.2, 0) is 4.79 Å². The zero-order valence-electron chi connectivity index (χ0n) is 14.1. The van der Waals surface area contributed by atoms with Crippen LogP contribution < -0.4 is 11.1 Å². The Morgan fingerprint density at radius 3 is 2.14 bits per heavy atom. The van der Waals surface area contributed by atoms with Crippen LogP contribution in [0.1, 0.15) is 66.7 Å². The first kappa shape index (κ1) is 17.8. The van der Waals surface area contributed by atoms with Gasteiger partial charge >= 0.3 is 0 Å². The third kappa shape index (κ3) is 4.35. The van der Waals surface area contributed by atoms with E-state index in [4.69, 9.17) is 10.9 Å². The second-order valence-corrected chi connectivity index (χ2v) is 7.57. The van der Waals surface area contributed by atoms with Gasteiger partial charge in [-0.15, -0.1) is 0 Å². The molecular weight excluding hydrogens is 266 g/mol. The van der Waals surface area contributed by atoms with E-state index in [0.717, 1.165) is 25.7 Å². The molecule has 0 aromatic heterocycles. The number of nitrogens with two attached hydrogens (primary N) is 1. The normalized spacial score (nSPS) is 27.0. The molecule has 0 aromatic rings. The number of nitrogens with zero attached hydrogens (tertiary/aromatic N) is 1. The van der Waals surface area contributed by atoms with E-state index in [1.807, 2.05) is 6.92 Å². The molecule has 1 atom stereocenters. The molecule has 1 aliphatic rings. The summed E-state index contributed by atoms with van der Waals surface area (Å²) in [6.45, 7) is 10.5. The summed E-state index contributed by atoms with van der Waals surface area (Å²) in [6, 6.07) is 0. The molecule has 0 bridgehead atoms. The third-order valence-corrected chi connectivity index (χ3v) is 5.10. The molecule has 5 heteroatoms. The molecule has 1 fully saturated rings. The van der Waals surface area contributed by atoms with E-state index in [2.05, 4.69) is 31.2 Å². The molecule has 0 aliphatic heterocycles. The smallest absolute Gasteiger partial charge is 0.223 e. The minimum atomic E-state index is -0.771. The number of oxime groups is 1. The Morgan fingerprint density at radius 2 is 1.76 bits per heavy atom. The van der Waals surface area contributed by atoms with Crippen molar-refractivity contribution in [2.75, 3.05) is 0 Å². The van der Waals surface area contributed by atoms with Gasteiger partial charge in [0.25, 0.3) is 0 Å². The van der Waals surface area contributed by atoms with Gasteiger partial charge < -0.3 is 16.3 Å². The molecule has 1 aliphatic carbocycles. The Balaban J connectivity index is 2.62. The van der Waals surface area contributed by atoms with Crippen molar-refractivity contribution < 1.29 is 10.0 Å². The summed E-state index contributed by atoms with van der Waals surface area (Å²) in [5.74, 6) is 0.809. The van der Waals surface area contributed by atoms with Crippen molar-refractivity contribution in [3.05, 3.63) is 0 Å². The van der Waals surface area contributed by atoms with E-state index in [1.165, 1.54) is 0 Å². The van der Waals surface area contributed by atoms with E-state index < -0.39 is 5.54 Å². The number of amides is 1. The lowest BCUT2D eigenvalue weighted by Crippen LogP contribution is -2.56. The maximum Gasteiger partial charge on any atom is 0.223 e. The summed E-state index contributed by atoms with van der Waals surface area (Å²) in [5.41, 5.74) is 5.25. The first-order valence-electron chi connectivity index (χ1n) is 7.94. The van der Waals surface area contributed by atoms with E-state index in [9.17, 15) is 4.79 Å². The maximum absolute atomic E-state index is 12.4. The van der Waals surface area contributed by atoms with Crippen LogP contribution in [0.2, 0.25) is 0 Å². The monoisotopic (exact) mass is 297 g/mol. The fourth-order valence-corrected chi connectivity index (χ4v) is 3.04. The van der Waals surface area contributed by atoms with Gasteiger partial charge in [0.15, 0.2) is 5.84 Å². The van der Waals surface area contributed by atoms with Crippen LogP contribution in [0.5, 0.6) is 0 Å². The number of hydrogen-bond acceptors (Lipinski definition) is 3. The molecule has 1 rings (SSSR count). The van der Waals surface area contributed by atoms with Crippen LogP contribution >= 0.6 is 0 Å². The standard InChI is InChI=1S/C16H31N3O2/c1-6-16(5,14(17)19-21)18-13(20)11-7-9-12(10-8-11)15(2,3)4/h11-12,21H,6-10H2,1-5H3,(H2,17,19)(H,18,20). The lowest BCUT2D eigenvalue weighted by Gasteiger charge is -2.37. The quantitative estimate of drug-likeness (QED) is 0.323. The Labute approximate surface area is 128 Å². The van der Waals surface area contributed by atoms with Crippen LogP contribution in [0.15, 0.2) is 5.16 Å². The van der Waals surface area contributed by atoms with Gasteiger partial charge in [-0.3, -0.25) is 4.79 Å². The molecule has 21 heavy (non-hydrogen) atoms. The van der Waals surface area contributed by atoms with Crippen LogP contribution in [0.3, 0.4) is 0 Å². The molecule has 122 valence electrons. The topological polar surface area (TPSA) is 87.7 Å². The zero-order valence-corrected chi connectivity index (χ0v) is 14.1. The molecule has 1 saturated carbocycles. The third-order valence-electron chi connectivity index (χ3n) is 5.10. The lowest BCUT2D eigenvalue weighted by atomic mass is 9.69. The SMILES string of the molecule is CCC(C)(NC(=O)C1CCC(C(C)(C)C)CC1)C(N)=NO. The van der Waals surface area contributed by atoms with Gasteiger partial charge in [-0.05, 0) is 50.4 Å². The van der Waals surface area contributed by atoms with Crippen molar-refractivity contribution >= 4 is 11.7 Å². The second kappa shape index (κ2) is 6.67. The molecule has 1 amide bonds. The van der Waals surface area contributed by atoms with E-state index in [1.54, 1.807) is 6.92 Å². The minimum absolute atomic E-state index is 0.0262. The molecule has 0 aromatic carbocycles. The maximum atomic E-state index is 12.4. The lowest BCUT2D eigenvalue weighted by molar-refractivity contribution is -0.127. The molecule has 1 unspecified atom stereocenters. The van der Waals surface area contributed by atoms with Crippen LogP contribution in [0, 0.1) is 17.3 Å². The van der Waals surface area contributed by atoms with Gasteiger partial charge in [0.2, 0.25) is 5.91 Å². The largest absolute Gasteiger partial charge is 0.409 e. The summed E-state index contributed by atoms with van der Waals surface area (Å²) in [5, 5.41) is 14.9. The first-order chi connectivity index (χ1) is 9.64. The van der Waals surface area contributed by atoms with Crippen molar-refractivity contribution in [3.8, 4) is 0 Å². The average Bonchev–Trinajstić information content (AvgIpc) is 2.45. The fraction of sp³-hybridized carbons (Fsp3) is 0.875. The molecule has 0 heterocycles. The molecule has 5 nitrogen and oxygen atoms in total. The molecule has 0 radical (unpaired) electrons. The molecule has 4 N–H and O–H groups in total. The highest BCUT2D eigenvalue weighted by Crippen LogP contribution is 2.39. The van der Waals surface area contributed by atoms with Crippen LogP contribution in [0.25, 0.3) is 0 Å². The Morgan fingerprint density at radius 1 is 1.24 bits per heavy atom. The zero-order chi connectivity index (χ0) is 16.3.